The van der Waals surface area contributed by atoms with Gasteiger partial charge < -0.3 is 19.5 Å². The fraction of sp³-hybridized carbons (Fsp3) is 0.636. The van der Waals surface area contributed by atoms with E-state index in [1.165, 1.54) is 17.9 Å². The smallest absolute Gasteiger partial charge is 0.326 e. The molecule has 1 aromatic heterocycles. The number of halogens is 1. The molecule has 110 valence electrons. The molecule has 1 aromatic rings. The molecule has 0 bridgehead atoms. The van der Waals surface area contributed by atoms with Crippen LogP contribution in [0.15, 0.2) is 11.0 Å². The molecule has 6 nitrogen and oxygen atoms in total. The van der Waals surface area contributed by atoms with Gasteiger partial charge in [-0.05, 0) is 6.42 Å². The van der Waals surface area contributed by atoms with Crippen molar-refractivity contribution in [2.45, 2.75) is 25.7 Å². The summed E-state index contributed by atoms with van der Waals surface area (Å²) in [4.78, 5) is 14.0. The molecule has 0 amide bonds. The number of hydrogen-bond acceptors (Lipinski definition) is 5. The zero-order chi connectivity index (χ0) is 14.8. The third kappa shape index (κ3) is 5.60. The molecule has 0 fully saturated rings. The maximum absolute atomic E-state index is 11.6. The second-order valence-corrected chi connectivity index (χ2v) is 4.00. The van der Waals surface area contributed by atoms with Gasteiger partial charge in [0.2, 0.25) is 0 Å². The van der Waals surface area contributed by atoms with Crippen molar-refractivity contribution in [1.82, 2.24) is 9.55 Å². The van der Waals surface area contributed by atoms with Gasteiger partial charge in [0.25, 0.3) is 0 Å². The predicted octanol–water partition coefficient (Wildman–Crippen LogP) is 0.381. The number of hydrogen-bond donors (Lipinski definition) is 3. The number of aliphatic hydroxyl groups is 2. The number of aromatic nitrogens is 2. The summed E-state index contributed by atoms with van der Waals surface area (Å²) in [6, 6.07) is 0. The Bertz CT molecular complexity index is 470. The Morgan fingerprint density at radius 2 is 2.16 bits per heavy atom. The third-order valence-electron chi connectivity index (χ3n) is 2.48. The van der Waals surface area contributed by atoms with Gasteiger partial charge in [0.05, 0.1) is 26.5 Å². The Morgan fingerprint density at radius 3 is 2.63 bits per heavy atom. The van der Waals surface area contributed by atoms with Gasteiger partial charge in [0.1, 0.15) is 4.64 Å². The van der Waals surface area contributed by atoms with Gasteiger partial charge in [0.15, 0.2) is 0 Å². The number of H-pyrrole nitrogens is 1. The van der Waals surface area contributed by atoms with Crippen molar-refractivity contribution in [3.05, 3.63) is 26.9 Å². The summed E-state index contributed by atoms with van der Waals surface area (Å²) in [7, 11) is 2.00. The molecule has 0 aliphatic heterocycles. The van der Waals surface area contributed by atoms with Gasteiger partial charge in [-0.25, -0.2) is 4.79 Å². The molecule has 1 unspecified atom stereocenters. The van der Waals surface area contributed by atoms with E-state index in [0.29, 0.717) is 25.7 Å². The summed E-state index contributed by atoms with van der Waals surface area (Å²) in [5, 5.41) is 18.0. The molecule has 19 heavy (non-hydrogen) atoms. The molecule has 0 saturated carbocycles. The largest absolute Gasteiger partial charge is 0.394 e. The minimum atomic E-state index is -0.333. The van der Waals surface area contributed by atoms with Crippen LogP contribution in [-0.2, 0) is 17.9 Å². The number of ether oxygens (including phenoxy) is 1. The molecule has 8 heteroatoms. The topological polar surface area (TPSA) is 87.5 Å². The zero-order valence-electron chi connectivity index (χ0n) is 10.9. The number of aryl methyl sites for hydroxylation is 1. The van der Waals surface area contributed by atoms with Crippen LogP contribution in [0.3, 0.4) is 0 Å². The van der Waals surface area contributed by atoms with E-state index in [9.17, 15) is 9.18 Å². The van der Waals surface area contributed by atoms with Crippen molar-refractivity contribution in [2.75, 3.05) is 20.9 Å². The van der Waals surface area contributed by atoms with Crippen LogP contribution in [0.4, 0.5) is 4.39 Å². The van der Waals surface area contributed by atoms with Gasteiger partial charge in [0, 0.05) is 25.4 Å². The number of alkyl halides is 1. The lowest BCUT2D eigenvalue weighted by Crippen LogP contribution is -2.27. The highest BCUT2D eigenvalue weighted by Gasteiger charge is 2.07. The van der Waals surface area contributed by atoms with E-state index in [2.05, 4.69) is 4.98 Å². The highest BCUT2D eigenvalue weighted by molar-refractivity contribution is 7.71. The number of methoxy groups -OCH3 is 1. The van der Waals surface area contributed by atoms with Crippen LogP contribution in [0.2, 0.25) is 0 Å². The van der Waals surface area contributed by atoms with E-state index in [4.69, 9.17) is 27.2 Å². The fourth-order valence-electron chi connectivity index (χ4n) is 1.40. The Hall–Kier alpha value is -1.09. The molecule has 0 spiro atoms. The summed E-state index contributed by atoms with van der Waals surface area (Å²) in [5.41, 5.74) is 0.164. The number of nitrogens with zero attached hydrogens (tertiary/aromatic N) is 1. The average Bonchev–Trinajstić information content (AvgIpc) is 2.44. The van der Waals surface area contributed by atoms with Crippen LogP contribution >= 0.6 is 12.2 Å². The van der Waals surface area contributed by atoms with E-state index in [1.807, 2.05) is 0 Å². The lowest BCUT2D eigenvalue weighted by atomic mass is 10.2. The fourth-order valence-corrected chi connectivity index (χ4v) is 1.60. The maximum atomic E-state index is 11.6. The number of aromatic amines is 1. The molecule has 0 aromatic carbocycles. The Morgan fingerprint density at radius 1 is 1.53 bits per heavy atom. The molecule has 0 aliphatic carbocycles. The van der Waals surface area contributed by atoms with Crippen molar-refractivity contribution in [1.29, 1.82) is 0 Å². The monoisotopic (exact) mass is 294 g/mol. The molecule has 0 saturated heterocycles. The zero-order valence-corrected chi connectivity index (χ0v) is 11.7. The number of nitrogens with one attached hydrogen (secondary N) is 1. The molecule has 3 N–H and O–H groups in total. The SMILES string of the molecule is CF.COC(CO)CCn1cc(CO)c(=S)[nH]c1=O. The first kappa shape index (κ1) is 17.9. The van der Waals surface area contributed by atoms with Crippen molar-refractivity contribution in [3.8, 4) is 0 Å². The van der Waals surface area contributed by atoms with E-state index in [-0.39, 0.29) is 29.6 Å². The van der Waals surface area contributed by atoms with Gasteiger partial charge in [-0.15, -0.1) is 0 Å². The van der Waals surface area contributed by atoms with Crippen molar-refractivity contribution >= 4 is 12.2 Å². The first-order valence-electron chi connectivity index (χ1n) is 5.57. The summed E-state index contributed by atoms with van der Waals surface area (Å²) >= 11 is 4.89. The van der Waals surface area contributed by atoms with Crippen LogP contribution in [0, 0.1) is 4.64 Å². The standard InChI is InChI=1S/C10H16N2O4S.CH3F/c1-16-8(6-14)2-3-12-4-7(5-13)9(17)11-10(12)15;1-2/h4,8,13-14H,2-3,5-6H2,1H3,(H,11,15,17);1H3. The maximum Gasteiger partial charge on any atom is 0.326 e. The summed E-state index contributed by atoms with van der Waals surface area (Å²) < 4.78 is 16.2. The van der Waals surface area contributed by atoms with Crippen LogP contribution in [0.1, 0.15) is 12.0 Å². The first-order chi connectivity index (χ1) is 9.12. The van der Waals surface area contributed by atoms with Crippen LogP contribution in [-0.4, -0.2) is 46.8 Å². The van der Waals surface area contributed by atoms with Crippen molar-refractivity contribution in [2.24, 2.45) is 0 Å². The summed E-state index contributed by atoms with van der Waals surface area (Å²) in [6.45, 7) is 0.0707. The molecular formula is C11H19FN2O4S. The van der Waals surface area contributed by atoms with Gasteiger partial charge in [-0.2, -0.15) is 0 Å². The van der Waals surface area contributed by atoms with E-state index in [0.717, 1.165) is 0 Å². The van der Waals surface area contributed by atoms with Gasteiger partial charge >= 0.3 is 5.69 Å². The minimum Gasteiger partial charge on any atom is -0.394 e. The molecule has 1 atom stereocenters. The normalized spacial score (nSPS) is 11.6. The first-order valence-corrected chi connectivity index (χ1v) is 5.98. The number of aliphatic hydroxyl groups excluding tert-OH is 2. The molecule has 0 radical (unpaired) electrons. The van der Waals surface area contributed by atoms with Gasteiger partial charge in [-0.1, -0.05) is 12.2 Å². The second-order valence-electron chi connectivity index (χ2n) is 3.59. The van der Waals surface area contributed by atoms with E-state index in [1.54, 1.807) is 0 Å². The Labute approximate surface area is 115 Å². The average molecular weight is 294 g/mol. The van der Waals surface area contributed by atoms with Gasteiger partial charge in [-0.3, -0.25) is 9.37 Å². The van der Waals surface area contributed by atoms with Crippen molar-refractivity contribution < 1.29 is 19.3 Å². The summed E-state index contributed by atoms with van der Waals surface area (Å²) in [5.74, 6) is 0. The Balaban J connectivity index is 0.00000154. The quantitative estimate of drug-likeness (QED) is 0.660. The third-order valence-corrected chi connectivity index (χ3v) is 2.85. The van der Waals surface area contributed by atoms with Crippen molar-refractivity contribution in [3.63, 3.8) is 0 Å². The lowest BCUT2D eigenvalue weighted by molar-refractivity contribution is 0.0401. The minimum absolute atomic E-state index is 0.0963. The number of rotatable bonds is 6. The van der Waals surface area contributed by atoms with Crippen LogP contribution in [0.25, 0.3) is 0 Å². The van der Waals surface area contributed by atoms with Crippen LogP contribution in [0.5, 0.6) is 0 Å². The van der Waals surface area contributed by atoms with Crippen LogP contribution < -0.4 is 5.69 Å². The Kier molecular flexibility index (Phi) is 9.23. The highest BCUT2D eigenvalue weighted by atomic mass is 32.1. The lowest BCUT2D eigenvalue weighted by Gasteiger charge is -2.13. The summed E-state index contributed by atoms with van der Waals surface area (Å²) in [6.07, 6.45) is 1.72. The molecular weight excluding hydrogens is 275 g/mol. The van der Waals surface area contributed by atoms with E-state index < -0.39 is 0 Å². The molecule has 1 heterocycles. The van der Waals surface area contributed by atoms with E-state index >= 15 is 0 Å². The highest BCUT2D eigenvalue weighted by Crippen LogP contribution is 2.01. The predicted molar refractivity (Wildman–Crippen MR) is 71.3 cm³/mol. The molecule has 0 aliphatic rings. The second kappa shape index (κ2) is 9.79. The molecule has 1 rings (SSSR count).